The highest BCUT2D eigenvalue weighted by molar-refractivity contribution is 8.00. The predicted molar refractivity (Wildman–Crippen MR) is 67.8 cm³/mol. The van der Waals surface area contributed by atoms with Gasteiger partial charge < -0.3 is 10.6 Å². The van der Waals surface area contributed by atoms with E-state index < -0.39 is 0 Å². The van der Waals surface area contributed by atoms with Crippen LogP contribution in [0.5, 0.6) is 0 Å². The van der Waals surface area contributed by atoms with Gasteiger partial charge in [-0.3, -0.25) is 0 Å². The van der Waals surface area contributed by atoms with Gasteiger partial charge in [0, 0.05) is 28.4 Å². The molecule has 82 valence electrons. The number of thioether (sulfide) groups is 1. The summed E-state index contributed by atoms with van der Waals surface area (Å²) in [5.74, 6) is 0. The van der Waals surface area contributed by atoms with Crippen molar-refractivity contribution in [2.75, 3.05) is 18.9 Å². The van der Waals surface area contributed by atoms with E-state index in [0.717, 1.165) is 6.54 Å². The summed E-state index contributed by atoms with van der Waals surface area (Å²) in [5, 5.41) is 7.44. The van der Waals surface area contributed by atoms with Crippen molar-refractivity contribution in [1.29, 1.82) is 0 Å². The van der Waals surface area contributed by atoms with Crippen molar-refractivity contribution in [3.63, 3.8) is 0 Å². The second kappa shape index (κ2) is 4.45. The Bertz CT molecular complexity index is 351. The van der Waals surface area contributed by atoms with Gasteiger partial charge in [-0.2, -0.15) is 0 Å². The molecule has 2 nitrogen and oxygen atoms in total. The van der Waals surface area contributed by atoms with E-state index in [1.165, 1.54) is 16.1 Å². The summed E-state index contributed by atoms with van der Waals surface area (Å²) in [6.07, 6.45) is 0. The van der Waals surface area contributed by atoms with Crippen molar-refractivity contribution in [2.45, 2.75) is 30.0 Å². The van der Waals surface area contributed by atoms with Gasteiger partial charge in [0.15, 0.2) is 0 Å². The fraction of sp³-hybridized carbons (Fsp3) is 0.500. The van der Waals surface area contributed by atoms with Crippen molar-refractivity contribution in [1.82, 2.24) is 5.32 Å². The Labute approximate surface area is 95.8 Å². The first kappa shape index (κ1) is 10.8. The molecule has 0 bridgehead atoms. The number of nitrogens with one attached hydrogen (secondary N) is 2. The van der Waals surface area contributed by atoms with Gasteiger partial charge in [0.2, 0.25) is 0 Å². The Balaban J connectivity index is 2.22. The molecule has 0 fully saturated rings. The molecule has 15 heavy (non-hydrogen) atoms. The lowest BCUT2D eigenvalue weighted by molar-refractivity contribution is 0.665. The summed E-state index contributed by atoms with van der Waals surface area (Å²) in [6.45, 7) is 5.43. The SMILES string of the molecule is CNCC1Sc2ccc(C)cc2NC1C. The molecule has 0 aromatic heterocycles. The largest absolute Gasteiger partial charge is 0.380 e. The van der Waals surface area contributed by atoms with E-state index in [1.54, 1.807) is 0 Å². The lowest BCUT2D eigenvalue weighted by Crippen LogP contribution is -2.38. The maximum absolute atomic E-state index is 3.57. The molecule has 2 N–H and O–H groups in total. The zero-order valence-electron chi connectivity index (χ0n) is 9.50. The molecule has 2 atom stereocenters. The minimum absolute atomic E-state index is 0.525. The first-order valence-corrected chi connectivity index (χ1v) is 6.27. The summed E-state index contributed by atoms with van der Waals surface area (Å²) in [7, 11) is 2.01. The van der Waals surface area contributed by atoms with Crippen LogP contribution in [0.4, 0.5) is 5.69 Å². The summed E-state index contributed by atoms with van der Waals surface area (Å²) < 4.78 is 0. The monoisotopic (exact) mass is 222 g/mol. The van der Waals surface area contributed by atoms with E-state index in [1.807, 2.05) is 18.8 Å². The van der Waals surface area contributed by atoms with Gasteiger partial charge in [0.25, 0.3) is 0 Å². The molecule has 1 aromatic rings. The van der Waals surface area contributed by atoms with Crippen LogP contribution in [-0.4, -0.2) is 24.9 Å². The van der Waals surface area contributed by atoms with E-state index in [0.29, 0.717) is 11.3 Å². The third-order valence-electron chi connectivity index (χ3n) is 2.76. The van der Waals surface area contributed by atoms with Gasteiger partial charge in [-0.05, 0) is 38.6 Å². The summed E-state index contributed by atoms with van der Waals surface area (Å²) in [5.41, 5.74) is 2.61. The maximum Gasteiger partial charge on any atom is 0.0483 e. The number of fused-ring (bicyclic) bond motifs is 1. The second-order valence-electron chi connectivity index (χ2n) is 4.15. The third-order valence-corrected chi connectivity index (χ3v) is 4.25. The average molecular weight is 222 g/mol. The molecule has 1 aliphatic rings. The highest BCUT2D eigenvalue weighted by Crippen LogP contribution is 2.37. The Hall–Kier alpha value is -0.670. The van der Waals surface area contributed by atoms with Crippen LogP contribution in [0.2, 0.25) is 0 Å². The van der Waals surface area contributed by atoms with E-state index in [-0.39, 0.29) is 0 Å². The Kier molecular flexibility index (Phi) is 3.22. The number of anilines is 1. The highest BCUT2D eigenvalue weighted by Gasteiger charge is 2.24. The predicted octanol–water partition coefficient (Wildman–Crippen LogP) is 2.49. The fourth-order valence-electron chi connectivity index (χ4n) is 1.88. The van der Waals surface area contributed by atoms with E-state index in [4.69, 9.17) is 0 Å². The molecule has 2 unspecified atom stereocenters. The summed E-state index contributed by atoms with van der Waals surface area (Å²) >= 11 is 1.97. The fourth-order valence-corrected chi connectivity index (χ4v) is 3.12. The van der Waals surface area contributed by atoms with Crippen LogP contribution in [0.25, 0.3) is 0 Å². The van der Waals surface area contributed by atoms with Crippen LogP contribution >= 0.6 is 11.8 Å². The summed E-state index contributed by atoms with van der Waals surface area (Å²) in [6, 6.07) is 7.15. The Morgan fingerprint density at radius 1 is 1.47 bits per heavy atom. The molecular formula is C12H18N2S. The Morgan fingerprint density at radius 2 is 2.27 bits per heavy atom. The van der Waals surface area contributed by atoms with E-state index in [9.17, 15) is 0 Å². The molecule has 1 heterocycles. The van der Waals surface area contributed by atoms with E-state index >= 15 is 0 Å². The third kappa shape index (κ3) is 2.29. The molecule has 0 radical (unpaired) electrons. The standard InChI is InChI=1S/C12H18N2S/c1-8-4-5-11-10(6-8)14-9(2)12(15-11)7-13-3/h4-6,9,12-14H,7H2,1-3H3. The summed E-state index contributed by atoms with van der Waals surface area (Å²) in [4.78, 5) is 1.37. The van der Waals surface area contributed by atoms with Crippen molar-refractivity contribution in [3.05, 3.63) is 23.8 Å². The lowest BCUT2D eigenvalue weighted by atomic mass is 10.1. The molecule has 0 spiro atoms. The highest BCUT2D eigenvalue weighted by atomic mass is 32.2. The van der Waals surface area contributed by atoms with Crippen LogP contribution in [-0.2, 0) is 0 Å². The molecule has 3 heteroatoms. The molecule has 1 aliphatic heterocycles. The van der Waals surface area contributed by atoms with Crippen molar-refractivity contribution < 1.29 is 0 Å². The van der Waals surface area contributed by atoms with Crippen molar-refractivity contribution >= 4 is 17.4 Å². The molecule has 0 saturated heterocycles. The van der Waals surface area contributed by atoms with Gasteiger partial charge in [-0.15, -0.1) is 11.8 Å². The van der Waals surface area contributed by atoms with E-state index in [2.05, 4.69) is 42.7 Å². The van der Waals surface area contributed by atoms with Crippen LogP contribution in [0.1, 0.15) is 12.5 Å². The van der Waals surface area contributed by atoms with Gasteiger partial charge in [0.05, 0.1) is 0 Å². The molecular weight excluding hydrogens is 204 g/mol. The lowest BCUT2D eigenvalue weighted by Gasteiger charge is -2.32. The van der Waals surface area contributed by atoms with Crippen molar-refractivity contribution in [2.24, 2.45) is 0 Å². The normalized spacial score (nSPS) is 24.5. The second-order valence-corrected chi connectivity index (χ2v) is 5.43. The Morgan fingerprint density at radius 3 is 3.00 bits per heavy atom. The topological polar surface area (TPSA) is 24.1 Å². The molecule has 0 saturated carbocycles. The van der Waals surface area contributed by atoms with Gasteiger partial charge in [-0.1, -0.05) is 6.07 Å². The van der Waals surface area contributed by atoms with Crippen LogP contribution in [0, 0.1) is 6.92 Å². The maximum atomic E-state index is 3.57. The number of benzene rings is 1. The van der Waals surface area contributed by atoms with Crippen LogP contribution in [0.15, 0.2) is 23.1 Å². The van der Waals surface area contributed by atoms with Gasteiger partial charge >= 0.3 is 0 Å². The zero-order chi connectivity index (χ0) is 10.8. The number of hydrogen-bond donors (Lipinski definition) is 2. The van der Waals surface area contributed by atoms with Crippen LogP contribution < -0.4 is 10.6 Å². The number of rotatable bonds is 2. The van der Waals surface area contributed by atoms with Crippen LogP contribution in [0.3, 0.4) is 0 Å². The van der Waals surface area contributed by atoms with Gasteiger partial charge in [0.1, 0.15) is 0 Å². The molecule has 0 aliphatic carbocycles. The number of hydrogen-bond acceptors (Lipinski definition) is 3. The number of aryl methyl sites for hydroxylation is 1. The molecule has 1 aromatic carbocycles. The average Bonchev–Trinajstić information content (AvgIpc) is 2.20. The quantitative estimate of drug-likeness (QED) is 0.804. The first-order valence-electron chi connectivity index (χ1n) is 5.39. The minimum Gasteiger partial charge on any atom is -0.380 e. The molecule has 0 amide bonds. The zero-order valence-corrected chi connectivity index (χ0v) is 10.3. The molecule has 2 rings (SSSR count). The smallest absolute Gasteiger partial charge is 0.0483 e. The van der Waals surface area contributed by atoms with Crippen molar-refractivity contribution in [3.8, 4) is 0 Å². The minimum atomic E-state index is 0.525. The van der Waals surface area contributed by atoms with Gasteiger partial charge in [-0.25, -0.2) is 0 Å². The first-order chi connectivity index (χ1) is 7.20.